The lowest BCUT2D eigenvalue weighted by Gasteiger charge is -2.12. The molecule has 5 nitrogen and oxygen atoms in total. The van der Waals surface area contributed by atoms with Crippen molar-refractivity contribution < 1.29 is 4.74 Å². The van der Waals surface area contributed by atoms with Gasteiger partial charge in [-0.2, -0.15) is 0 Å². The second-order valence-electron chi connectivity index (χ2n) is 3.13. The standard InChI is InChI=1S/C10H8N4O/c1-2-4-15-8(3-1)10-11-5-7-9(14-10)13-6-12-7/h1-6,8H,(H,11,12,13,14). The van der Waals surface area contributed by atoms with Crippen LogP contribution in [0.5, 0.6) is 0 Å². The van der Waals surface area contributed by atoms with E-state index in [1.807, 2.05) is 18.2 Å². The number of fused-ring (bicyclic) bond motifs is 1. The van der Waals surface area contributed by atoms with E-state index in [2.05, 4.69) is 19.9 Å². The van der Waals surface area contributed by atoms with Gasteiger partial charge in [0.05, 0.1) is 18.8 Å². The fourth-order valence-electron chi connectivity index (χ4n) is 1.42. The number of nitrogens with one attached hydrogen (secondary N) is 1. The van der Waals surface area contributed by atoms with Gasteiger partial charge >= 0.3 is 0 Å². The smallest absolute Gasteiger partial charge is 0.176 e. The highest BCUT2D eigenvalue weighted by atomic mass is 16.5. The topological polar surface area (TPSA) is 63.7 Å². The summed E-state index contributed by atoms with van der Waals surface area (Å²) in [6.45, 7) is 0. The minimum absolute atomic E-state index is 0.206. The number of rotatable bonds is 1. The maximum atomic E-state index is 5.36. The first-order chi connectivity index (χ1) is 7.43. The van der Waals surface area contributed by atoms with Crippen molar-refractivity contribution in [2.45, 2.75) is 6.10 Å². The molecule has 0 spiro atoms. The highest BCUT2D eigenvalue weighted by molar-refractivity contribution is 5.68. The fourth-order valence-corrected chi connectivity index (χ4v) is 1.42. The van der Waals surface area contributed by atoms with E-state index < -0.39 is 0 Å². The van der Waals surface area contributed by atoms with Gasteiger partial charge in [-0.05, 0) is 12.2 Å². The first-order valence-electron chi connectivity index (χ1n) is 4.58. The highest BCUT2D eigenvalue weighted by Gasteiger charge is 2.13. The molecule has 0 aromatic carbocycles. The lowest BCUT2D eigenvalue weighted by atomic mass is 10.2. The summed E-state index contributed by atoms with van der Waals surface area (Å²) >= 11 is 0. The zero-order valence-electron chi connectivity index (χ0n) is 7.79. The minimum Gasteiger partial charge on any atom is -0.486 e. The number of allylic oxidation sites excluding steroid dienone is 2. The third kappa shape index (κ3) is 1.38. The summed E-state index contributed by atoms with van der Waals surface area (Å²) in [4.78, 5) is 15.5. The van der Waals surface area contributed by atoms with Gasteiger partial charge in [0, 0.05) is 0 Å². The zero-order chi connectivity index (χ0) is 10.1. The molecule has 0 saturated heterocycles. The second kappa shape index (κ2) is 3.20. The van der Waals surface area contributed by atoms with E-state index in [9.17, 15) is 0 Å². The summed E-state index contributed by atoms with van der Waals surface area (Å²) < 4.78 is 5.36. The molecule has 1 atom stereocenters. The molecule has 3 heterocycles. The molecule has 3 rings (SSSR count). The van der Waals surface area contributed by atoms with Crippen molar-refractivity contribution in [2.75, 3.05) is 0 Å². The Labute approximate surface area is 85.5 Å². The van der Waals surface area contributed by atoms with E-state index in [4.69, 9.17) is 4.74 Å². The Hall–Kier alpha value is -2.17. The number of hydrogen-bond donors (Lipinski definition) is 1. The first kappa shape index (κ1) is 8.16. The van der Waals surface area contributed by atoms with Crippen LogP contribution in [0.4, 0.5) is 0 Å². The van der Waals surface area contributed by atoms with E-state index in [1.165, 1.54) is 0 Å². The average Bonchev–Trinajstić information content (AvgIpc) is 2.77. The van der Waals surface area contributed by atoms with E-state index in [0.29, 0.717) is 5.82 Å². The van der Waals surface area contributed by atoms with Crippen LogP contribution in [0.25, 0.3) is 11.2 Å². The molecule has 1 aliphatic rings. The van der Waals surface area contributed by atoms with Crippen LogP contribution in [0.3, 0.4) is 0 Å². The number of nitrogens with zero attached hydrogens (tertiary/aromatic N) is 3. The van der Waals surface area contributed by atoms with Crippen molar-refractivity contribution in [3.63, 3.8) is 0 Å². The Morgan fingerprint density at radius 2 is 2.27 bits per heavy atom. The Morgan fingerprint density at radius 3 is 3.13 bits per heavy atom. The molecule has 2 aromatic rings. The Morgan fingerprint density at radius 1 is 1.27 bits per heavy atom. The van der Waals surface area contributed by atoms with Gasteiger partial charge in [0.1, 0.15) is 5.52 Å². The molecule has 74 valence electrons. The molecule has 15 heavy (non-hydrogen) atoms. The maximum Gasteiger partial charge on any atom is 0.176 e. The molecule has 2 aromatic heterocycles. The summed E-state index contributed by atoms with van der Waals surface area (Å²) in [6.07, 6.45) is 10.3. The average molecular weight is 200 g/mol. The van der Waals surface area contributed by atoms with Gasteiger partial charge in [0.25, 0.3) is 0 Å². The van der Waals surface area contributed by atoms with Crippen LogP contribution in [0.2, 0.25) is 0 Å². The van der Waals surface area contributed by atoms with E-state index in [0.717, 1.165) is 11.2 Å². The number of hydrogen-bond acceptors (Lipinski definition) is 4. The third-order valence-electron chi connectivity index (χ3n) is 2.15. The van der Waals surface area contributed by atoms with Gasteiger partial charge in [-0.15, -0.1) is 0 Å². The van der Waals surface area contributed by atoms with Crippen LogP contribution >= 0.6 is 0 Å². The molecule has 1 N–H and O–H groups in total. The van der Waals surface area contributed by atoms with Crippen LogP contribution in [0.15, 0.2) is 37.0 Å². The predicted octanol–water partition coefficient (Wildman–Crippen LogP) is 1.49. The summed E-state index contributed by atoms with van der Waals surface area (Å²) in [6, 6.07) is 0. The molecule has 0 bridgehead atoms. The Bertz CT molecular complexity index is 543. The van der Waals surface area contributed by atoms with Crippen LogP contribution in [-0.4, -0.2) is 19.9 Å². The quantitative estimate of drug-likeness (QED) is 0.757. The van der Waals surface area contributed by atoms with E-state index in [1.54, 1.807) is 18.8 Å². The van der Waals surface area contributed by atoms with Crippen LogP contribution in [0.1, 0.15) is 11.9 Å². The fraction of sp³-hybridized carbons (Fsp3) is 0.100. The van der Waals surface area contributed by atoms with Gasteiger partial charge in [0.2, 0.25) is 0 Å². The minimum atomic E-state index is -0.206. The summed E-state index contributed by atoms with van der Waals surface area (Å²) in [5.41, 5.74) is 1.49. The molecule has 0 saturated carbocycles. The van der Waals surface area contributed by atoms with Crippen LogP contribution < -0.4 is 0 Å². The maximum absolute atomic E-state index is 5.36. The normalized spacial score (nSPS) is 19.3. The summed E-state index contributed by atoms with van der Waals surface area (Å²) in [5, 5.41) is 0. The van der Waals surface area contributed by atoms with Crippen LogP contribution in [0, 0.1) is 0 Å². The van der Waals surface area contributed by atoms with Crippen molar-refractivity contribution in [3.05, 3.63) is 42.8 Å². The number of imidazole rings is 1. The first-order valence-corrected chi connectivity index (χ1v) is 4.58. The molecular formula is C10H8N4O. The van der Waals surface area contributed by atoms with E-state index >= 15 is 0 Å². The SMILES string of the molecule is C1=COC(c2ncc3nc[nH]c3n2)C=C1. The van der Waals surface area contributed by atoms with Crippen molar-refractivity contribution in [3.8, 4) is 0 Å². The largest absolute Gasteiger partial charge is 0.486 e. The number of H-pyrrole nitrogens is 1. The molecule has 1 unspecified atom stereocenters. The lowest BCUT2D eigenvalue weighted by molar-refractivity contribution is 0.178. The highest BCUT2D eigenvalue weighted by Crippen LogP contribution is 2.19. The number of aromatic amines is 1. The van der Waals surface area contributed by atoms with Crippen LogP contribution in [-0.2, 0) is 4.74 Å². The van der Waals surface area contributed by atoms with Gasteiger partial charge < -0.3 is 9.72 Å². The summed E-state index contributed by atoms with van der Waals surface area (Å²) in [5.74, 6) is 0.632. The molecule has 1 aliphatic heterocycles. The number of ether oxygens (including phenoxy) is 1. The molecular weight excluding hydrogens is 192 g/mol. The molecule has 0 amide bonds. The van der Waals surface area contributed by atoms with Crippen molar-refractivity contribution in [1.82, 2.24) is 19.9 Å². The van der Waals surface area contributed by atoms with Gasteiger partial charge in [-0.1, -0.05) is 6.08 Å². The third-order valence-corrected chi connectivity index (χ3v) is 2.15. The molecule has 5 heteroatoms. The number of aromatic nitrogens is 4. The molecule has 0 radical (unpaired) electrons. The monoisotopic (exact) mass is 200 g/mol. The molecule has 0 fully saturated rings. The van der Waals surface area contributed by atoms with Gasteiger partial charge in [-0.25, -0.2) is 15.0 Å². The molecule has 0 aliphatic carbocycles. The summed E-state index contributed by atoms with van der Waals surface area (Å²) in [7, 11) is 0. The van der Waals surface area contributed by atoms with E-state index in [-0.39, 0.29) is 6.10 Å². The van der Waals surface area contributed by atoms with Gasteiger partial charge in [-0.3, -0.25) is 0 Å². The van der Waals surface area contributed by atoms with Gasteiger partial charge in [0.15, 0.2) is 17.6 Å². The Balaban J connectivity index is 2.03. The lowest BCUT2D eigenvalue weighted by Crippen LogP contribution is -2.04. The van der Waals surface area contributed by atoms with Crippen molar-refractivity contribution >= 4 is 11.2 Å². The Kier molecular flexibility index (Phi) is 1.74. The predicted molar refractivity (Wildman–Crippen MR) is 53.8 cm³/mol. The second-order valence-corrected chi connectivity index (χ2v) is 3.13. The van der Waals surface area contributed by atoms with Crippen molar-refractivity contribution in [1.29, 1.82) is 0 Å². The zero-order valence-corrected chi connectivity index (χ0v) is 7.79. The van der Waals surface area contributed by atoms with Crippen molar-refractivity contribution in [2.24, 2.45) is 0 Å².